The van der Waals surface area contributed by atoms with Crippen molar-refractivity contribution in [1.82, 2.24) is 0 Å². The average Bonchev–Trinajstić information content (AvgIpc) is 2.27. The van der Waals surface area contributed by atoms with Gasteiger partial charge in [0.25, 0.3) is 0 Å². The van der Waals surface area contributed by atoms with Crippen LogP contribution in [0.4, 0.5) is 0 Å². The lowest BCUT2D eigenvalue weighted by Gasteiger charge is -2.44. The van der Waals surface area contributed by atoms with Gasteiger partial charge in [-0.25, -0.2) is 0 Å². The van der Waals surface area contributed by atoms with Crippen molar-refractivity contribution in [1.29, 1.82) is 0 Å². The molecule has 0 N–H and O–H groups in total. The van der Waals surface area contributed by atoms with Gasteiger partial charge < -0.3 is 0 Å². The lowest BCUT2D eigenvalue weighted by Crippen LogP contribution is -2.39. The molecule has 0 unspecified atom stereocenters. The summed E-state index contributed by atoms with van der Waals surface area (Å²) in [6.07, 6.45) is 1.77. The van der Waals surface area contributed by atoms with E-state index in [0.717, 1.165) is 36.5 Å². The lowest BCUT2D eigenvalue weighted by molar-refractivity contribution is -0.117. The maximum atomic E-state index is 11.0. The summed E-state index contributed by atoms with van der Waals surface area (Å²) >= 11 is 0. The maximum absolute atomic E-state index is 11.0. The normalized spacial score (nSPS) is 52.4. The molecule has 1 nitrogen and oxygen atoms in total. The van der Waals surface area contributed by atoms with E-state index in [-0.39, 0.29) is 0 Å². The quantitative estimate of drug-likeness (QED) is 0.499. The minimum absolute atomic E-state index is 0.506. The van der Waals surface area contributed by atoms with Crippen molar-refractivity contribution in [3.63, 3.8) is 0 Å². The van der Waals surface area contributed by atoms with E-state index in [9.17, 15) is 4.79 Å². The van der Waals surface area contributed by atoms with Gasteiger partial charge in [-0.05, 0) is 23.7 Å². The second-order valence-corrected chi connectivity index (χ2v) is 3.99. The largest absolute Gasteiger partial charge is 0.300 e. The highest BCUT2D eigenvalue weighted by atomic mass is 16.1. The molecule has 2 rings (SSSR count). The lowest BCUT2D eigenvalue weighted by atomic mass is 9.60. The van der Waals surface area contributed by atoms with Gasteiger partial charge in [-0.1, -0.05) is 13.8 Å². The Kier molecular flexibility index (Phi) is 1.17. The minimum atomic E-state index is 0.506. The number of ketones is 1. The molecule has 0 bridgehead atoms. The van der Waals surface area contributed by atoms with Crippen LogP contribution in [0.25, 0.3) is 0 Å². The van der Waals surface area contributed by atoms with Gasteiger partial charge in [-0.2, -0.15) is 0 Å². The van der Waals surface area contributed by atoms with E-state index in [1.807, 2.05) is 0 Å². The zero-order chi connectivity index (χ0) is 7.30. The van der Waals surface area contributed by atoms with Crippen LogP contribution in [0, 0.1) is 23.7 Å². The monoisotopic (exact) mass is 138 g/mol. The highest BCUT2D eigenvalue weighted by molar-refractivity contribution is 5.81. The highest BCUT2D eigenvalue weighted by Gasteiger charge is 2.50. The Morgan fingerprint density at radius 2 is 1.50 bits per heavy atom. The Balaban J connectivity index is 2.11. The van der Waals surface area contributed by atoms with E-state index in [4.69, 9.17) is 0 Å². The van der Waals surface area contributed by atoms with Crippen LogP contribution in [-0.2, 0) is 4.79 Å². The highest BCUT2D eigenvalue weighted by Crippen LogP contribution is 2.53. The third-order valence-corrected chi connectivity index (χ3v) is 3.66. The molecule has 4 atom stereocenters. The van der Waals surface area contributed by atoms with Gasteiger partial charge >= 0.3 is 0 Å². The number of rotatable bonds is 0. The smallest absolute Gasteiger partial charge is 0.133 e. The number of hydrogen-bond acceptors (Lipinski definition) is 1. The Labute approximate surface area is 61.8 Å². The second kappa shape index (κ2) is 1.84. The van der Waals surface area contributed by atoms with Gasteiger partial charge in [0.15, 0.2) is 0 Å². The molecule has 0 saturated heterocycles. The minimum Gasteiger partial charge on any atom is -0.300 e. The Bertz CT molecular complexity index is 156. The molecule has 1 heteroatoms. The van der Waals surface area contributed by atoms with E-state index in [2.05, 4.69) is 13.8 Å². The number of carbonyl (C=O) groups excluding carboxylic acids is 1. The predicted octanol–water partition coefficient (Wildman–Crippen LogP) is 1.87. The van der Waals surface area contributed by atoms with Gasteiger partial charge in [-0.3, -0.25) is 4.79 Å². The second-order valence-electron chi connectivity index (χ2n) is 3.99. The first-order valence-electron chi connectivity index (χ1n) is 4.22. The van der Waals surface area contributed by atoms with Crippen LogP contribution >= 0.6 is 0 Å². The van der Waals surface area contributed by atoms with Crippen molar-refractivity contribution < 1.29 is 4.79 Å². The third kappa shape index (κ3) is 0.609. The molecule has 0 spiro atoms. The Morgan fingerprint density at radius 3 is 1.90 bits per heavy atom. The summed E-state index contributed by atoms with van der Waals surface area (Å²) in [5.41, 5.74) is 0. The number of fused-ring (bicyclic) bond motifs is 1. The van der Waals surface area contributed by atoms with Crippen LogP contribution in [0.15, 0.2) is 0 Å². The predicted molar refractivity (Wildman–Crippen MR) is 39.5 cm³/mol. The van der Waals surface area contributed by atoms with Crippen molar-refractivity contribution in [2.24, 2.45) is 23.7 Å². The van der Waals surface area contributed by atoms with Crippen LogP contribution in [0.2, 0.25) is 0 Å². The summed E-state index contributed by atoms with van der Waals surface area (Å²) in [6.45, 7) is 4.56. The van der Waals surface area contributed by atoms with Crippen molar-refractivity contribution in [2.75, 3.05) is 0 Å². The third-order valence-electron chi connectivity index (χ3n) is 3.66. The SMILES string of the molecule is C[C@@H]1[C@H](C)[C@H]2CC(=O)C[C@@H]12. The molecule has 0 aliphatic heterocycles. The zero-order valence-electron chi connectivity index (χ0n) is 6.63. The Hall–Kier alpha value is -0.330. The Morgan fingerprint density at radius 1 is 1.10 bits per heavy atom. The van der Waals surface area contributed by atoms with Crippen LogP contribution in [0.3, 0.4) is 0 Å². The van der Waals surface area contributed by atoms with Gasteiger partial charge in [0, 0.05) is 12.8 Å². The topological polar surface area (TPSA) is 17.1 Å². The number of carbonyl (C=O) groups is 1. The van der Waals surface area contributed by atoms with Gasteiger partial charge in [-0.15, -0.1) is 0 Å². The number of hydrogen-bond donors (Lipinski definition) is 0. The average molecular weight is 138 g/mol. The van der Waals surface area contributed by atoms with E-state index in [0.29, 0.717) is 5.78 Å². The molecule has 0 radical (unpaired) electrons. The first-order valence-corrected chi connectivity index (χ1v) is 4.22. The fourth-order valence-electron chi connectivity index (χ4n) is 2.70. The molecule has 10 heavy (non-hydrogen) atoms. The molecule has 2 fully saturated rings. The van der Waals surface area contributed by atoms with Crippen molar-refractivity contribution in [2.45, 2.75) is 26.7 Å². The molecular formula is C9H14O. The first kappa shape index (κ1) is 6.38. The molecule has 0 heterocycles. The van der Waals surface area contributed by atoms with E-state index in [1.54, 1.807) is 0 Å². The summed E-state index contributed by atoms with van der Waals surface area (Å²) < 4.78 is 0. The molecule has 0 aromatic rings. The first-order chi connectivity index (χ1) is 4.70. The molecule has 0 amide bonds. The summed E-state index contributed by atoms with van der Waals surface area (Å²) in [5.74, 6) is 3.67. The van der Waals surface area contributed by atoms with E-state index in [1.165, 1.54) is 0 Å². The van der Waals surface area contributed by atoms with Gasteiger partial charge in [0.1, 0.15) is 5.78 Å². The molecule has 2 aliphatic rings. The van der Waals surface area contributed by atoms with Gasteiger partial charge in [0.05, 0.1) is 0 Å². The number of Topliss-reactive ketones (excluding diaryl/α,β-unsaturated/α-hetero) is 1. The van der Waals surface area contributed by atoms with Gasteiger partial charge in [0.2, 0.25) is 0 Å². The summed E-state index contributed by atoms with van der Waals surface area (Å²) in [7, 11) is 0. The molecule has 2 saturated carbocycles. The molecular weight excluding hydrogens is 124 g/mol. The van der Waals surface area contributed by atoms with Crippen molar-refractivity contribution >= 4 is 5.78 Å². The zero-order valence-corrected chi connectivity index (χ0v) is 6.63. The summed E-state index contributed by atoms with van der Waals surface area (Å²) in [4.78, 5) is 11.0. The van der Waals surface area contributed by atoms with E-state index >= 15 is 0 Å². The van der Waals surface area contributed by atoms with E-state index < -0.39 is 0 Å². The van der Waals surface area contributed by atoms with Crippen LogP contribution in [0.1, 0.15) is 26.7 Å². The van der Waals surface area contributed by atoms with Crippen molar-refractivity contribution in [3.8, 4) is 0 Å². The molecule has 2 aliphatic carbocycles. The molecule has 56 valence electrons. The molecule has 0 aromatic carbocycles. The summed E-state index contributed by atoms with van der Waals surface area (Å²) in [6, 6.07) is 0. The van der Waals surface area contributed by atoms with Crippen LogP contribution < -0.4 is 0 Å². The van der Waals surface area contributed by atoms with Crippen molar-refractivity contribution in [3.05, 3.63) is 0 Å². The van der Waals surface area contributed by atoms with Crippen LogP contribution in [0.5, 0.6) is 0 Å². The standard InChI is InChI=1S/C9H14O/c1-5-6(2)9-4-7(10)3-8(5)9/h5-6,8-9H,3-4H2,1-2H3/t5-,6+,8+,9-. The fraction of sp³-hybridized carbons (Fsp3) is 0.889. The van der Waals surface area contributed by atoms with Crippen LogP contribution in [-0.4, -0.2) is 5.78 Å². The fourth-order valence-corrected chi connectivity index (χ4v) is 2.70. The maximum Gasteiger partial charge on any atom is 0.133 e. The molecule has 0 aromatic heterocycles. The summed E-state index contributed by atoms with van der Waals surface area (Å²) in [5, 5.41) is 0.